The number of rotatable bonds is 6. The van der Waals surface area contributed by atoms with Crippen LogP contribution in [0.3, 0.4) is 0 Å². The molecule has 8 nitrogen and oxygen atoms in total. The summed E-state index contributed by atoms with van der Waals surface area (Å²) in [6.45, 7) is 0.164. The Bertz CT molecular complexity index is 934. The number of nitrogens with zero attached hydrogens (tertiary/aromatic N) is 3. The Balaban J connectivity index is 1.70. The maximum atomic E-state index is 12.3. The second kappa shape index (κ2) is 7.36. The van der Waals surface area contributed by atoms with E-state index in [-0.39, 0.29) is 17.8 Å². The SMILES string of the molecule is CN(C)c1ccc(C(=O)NCc2coc(-c3cccs3)n2)cc1[N+](=O)[O-]. The molecule has 0 spiro atoms. The number of oxazole rings is 1. The van der Waals surface area contributed by atoms with Crippen LogP contribution < -0.4 is 10.2 Å². The summed E-state index contributed by atoms with van der Waals surface area (Å²) in [5.74, 6) is 0.0781. The van der Waals surface area contributed by atoms with Gasteiger partial charge in [0.1, 0.15) is 12.0 Å². The molecule has 0 atom stereocenters. The quantitative estimate of drug-likeness (QED) is 0.526. The number of hydrogen-bond donors (Lipinski definition) is 1. The molecule has 0 bridgehead atoms. The average molecular weight is 372 g/mol. The van der Waals surface area contributed by atoms with Crippen LogP contribution in [0.5, 0.6) is 0 Å². The minimum absolute atomic E-state index is 0.121. The highest BCUT2D eigenvalue weighted by Crippen LogP contribution is 2.28. The number of carbonyl (C=O) groups excluding carboxylic acids is 1. The van der Waals surface area contributed by atoms with E-state index in [0.717, 1.165) is 4.88 Å². The minimum Gasteiger partial charge on any atom is -0.443 e. The summed E-state index contributed by atoms with van der Waals surface area (Å²) in [5.41, 5.74) is 1.10. The van der Waals surface area contributed by atoms with Crippen LogP contribution in [0.25, 0.3) is 10.8 Å². The Kier molecular flexibility index (Phi) is 4.99. The number of hydrogen-bond acceptors (Lipinski definition) is 7. The van der Waals surface area contributed by atoms with E-state index in [2.05, 4.69) is 10.3 Å². The van der Waals surface area contributed by atoms with Crippen molar-refractivity contribution < 1.29 is 14.1 Å². The van der Waals surface area contributed by atoms with Gasteiger partial charge in [-0.1, -0.05) is 6.07 Å². The molecule has 0 aliphatic heterocycles. The zero-order valence-electron chi connectivity index (χ0n) is 14.1. The minimum atomic E-state index is -0.503. The number of nitro benzene ring substituents is 1. The molecule has 1 amide bonds. The highest BCUT2D eigenvalue weighted by molar-refractivity contribution is 7.13. The fourth-order valence-corrected chi connectivity index (χ4v) is 3.02. The Hall–Kier alpha value is -3.20. The number of nitro groups is 1. The van der Waals surface area contributed by atoms with E-state index < -0.39 is 10.8 Å². The number of aromatic nitrogens is 1. The van der Waals surface area contributed by atoms with Crippen molar-refractivity contribution in [2.75, 3.05) is 19.0 Å². The highest BCUT2D eigenvalue weighted by Gasteiger charge is 2.19. The molecule has 3 aromatic rings. The third kappa shape index (κ3) is 3.72. The molecule has 134 valence electrons. The Labute approximate surface area is 153 Å². The van der Waals surface area contributed by atoms with Gasteiger partial charge in [-0.15, -0.1) is 11.3 Å². The first-order valence-corrected chi connectivity index (χ1v) is 8.56. The van der Waals surface area contributed by atoms with Crippen LogP contribution in [0.1, 0.15) is 16.1 Å². The second-order valence-corrected chi connectivity index (χ2v) is 6.61. The zero-order valence-corrected chi connectivity index (χ0v) is 14.9. The summed E-state index contributed by atoms with van der Waals surface area (Å²) < 4.78 is 5.39. The van der Waals surface area contributed by atoms with Gasteiger partial charge in [0.05, 0.1) is 22.0 Å². The normalized spacial score (nSPS) is 10.5. The molecule has 2 heterocycles. The van der Waals surface area contributed by atoms with Crippen molar-refractivity contribution in [3.05, 3.63) is 63.3 Å². The largest absolute Gasteiger partial charge is 0.443 e. The Morgan fingerprint density at radius 3 is 2.85 bits per heavy atom. The van der Waals surface area contributed by atoms with Gasteiger partial charge in [-0.25, -0.2) is 4.98 Å². The topological polar surface area (TPSA) is 102 Å². The standard InChI is InChI=1S/C17H16N4O4S/c1-20(2)13-6-5-11(8-14(13)21(23)24)16(22)18-9-12-10-25-17(19-12)15-4-3-7-26-15/h3-8,10H,9H2,1-2H3,(H,18,22). The molecule has 0 radical (unpaired) electrons. The summed E-state index contributed by atoms with van der Waals surface area (Å²) in [4.78, 5) is 29.9. The molecule has 0 aliphatic carbocycles. The molecule has 0 saturated carbocycles. The van der Waals surface area contributed by atoms with Crippen LogP contribution in [0.2, 0.25) is 0 Å². The Morgan fingerprint density at radius 2 is 2.19 bits per heavy atom. The van der Waals surface area contributed by atoms with Crippen molar-refractivity contribution in [3.8, 4) is 10.8 Å². The van der Waals surface area contributed by atoms with Gasteiger partial charge < -0.3 is 14.6 Å². The van der Waals surface area contributed by atoms with E-state index in [1.807, 2.05) is 17.5 Å². The third-order valence-electron chi connectivity index (χ3n) is 3.63. The molecule has 3 rings (SSSR count). The summed E-state index contributed by atoms with van der Waals surface area (Å²) in [7, 11) is 3.41. The number of anilines is 1. The second-order valence-electron chi connectivity index (χ2n) is 5.66. The van der Waals surface area contributed by atoms with Crippen molar-refractivity contribution in [1.82, 2.24) is 10.3 Å². The van der Waals surface area contributed by atoms with Gasteiger partial charge in [0, 0.05) is 25.7 Å². The summed E-state index contributed by atoms with van der Waals surface area (Å²) in [5, 5.41) is 15.8. The molecule has 9 heteroatoms. The van der Waals surface area contributed by atoms with Crippen LogP contribution in [-0.2, 0) is 6.54 Å². The van der Waals surface area contributed by atoms with Crippen LogP contribution in [0.4, 0.5) is 11.4 Å². The molecule has 0 fully saturated rings. The first-order valence-electron chi connectivity index (χ1n) is 7.68. The van der Waals surface area contributed by atoms with Crippen molar-refractivity contribution in [2.24, 2.45) is 0 Å². The molecule has 0 saturated heterocycles. The first-order chi connectivity index (χ1) is 12.5. The lowest BCUT2D eigenvalue weighted by Crippen LogP contribution is -2.23. The fourth-order valence-electron chi connectivity index (χ4n) is 2.36. The van der Waals surface area contributed by atoms with Crippen molar-refractivity contribution in [3.63, 3.8) is 0 Å². The van der Waals surface area contributed by atoms with Gasteiger partial charge in [0.25, 0.3) is 11.6 Å². The lowest BCUT2D eigenvalue weighted by Gasteiger charge is -2.13. The van der Waals surface area contributed by atoms with E-state index >= 15 is 0 Å². The van der Waals surface area contributed by atoms with Gasteiger partial charge in [-0.3, -0.25) is 14.9 Å². The smallest absolute Gasteiger partial charge is 0.293 e. The predicted octanol–water partition coefficient (Wildman–Crippen LogP) is 3.31. The van der Waals surface area contributed by atoms with E-state index in [1.54, 1.807) is 31.1 Å². The van der Waals surface area contributed by atoms with Crippen LogP contribution in [0, 0.1) is 10.1 Å². The summed E-state index contributed by atoms with van der Waals surface area (Å²) in [6.07, 6.45) is 1.48. The third-order valence-corrected chi connectivity index (χ3v) is 4.49. The lowest BCUT2D eigenvalue weighted by molar-refractivity contribution is -0.384. The number of thiophene rings is 1. The highest BCUT2D eigenvalue weighted by atomic mass is 32.1. The number of nitrogens with one attached hydrogen (secondary N) is 1. The molecular formula is C17H16N4O4S. The van der Waals surface area contributed by atoms with Gasteiger partial charge in [-0.2, -0.15) is 0 Å². The first kappa shape index (κ1) is 17.6. The molecule has 2 aromatic heterocycles. The fraction of sp³-hybridized carbons (Fsp3) is 0.176. The van der Waals surface area contributed by atoms with Crippen LogP contribution >= 0.6 is 11.3 Å². The zero-order chi connectivity index (χ0) is 18.7. The van der Waals surface area contributed by atoms with Crippen molar-refractivity contribution in [2.45, 2.75) is 6.54 Å². The summed E-state index contributed by atoms with van der Waals surface area (Å²) >= 11 is 1.51. The van der Waals surface area contributed by atoms with E-state index in [1.165, 1.54) is 23.7 Å². The van der Waals surface area contributed by atoms with E-state index in [0.29, 0.717) is 17.3 Å². The molecule has 1 N–H and O–H groups in total. The molecule has 1 aromatic carbocycles. The monoisotopic (exact) mass is 372 g/mol. The van der Waals surface area contributed by atoms with E-state index in [9.17, 15) is 14.9 Å². The van der Waals surface area contributed by atoms with Gasteiger partial charge in [0.15, 0.2) is 0 Å². The van der Waals surface area contributed by atoms with E-state index in [4.69, 9.17) is 4.42 Å². The summed E-state index contributed by atoms with van der Waals surface area (Å²) in [6, 6.07) is 8.17. The van der Waals surface area contributed by atoms with Crippen molar-refractivity contribution >= 4 is 28.6 Å². The van der Waals surface area contributed by atoms with Gasteiger partial charge in [0.2, 0.25) is 5.89 Å². The Morgan fingerprint density at radius 1 is 1.38 bits per heavy atom. The average Bonchev–Trinajstić information content (AvgIpc) is 3.30. The predicted molar refractivity (Wildman–Crippen MR) is 98.4 cm³/mol. The molecular weight excluding hydrogens is 356 g/mol. The molecule has 0 aliphatic rings. The maximum absolute atomic E-state index is 12.3. The lowest BCUT2D eigenvalue weighted by atomic mass is 10.1. The maximum Gasteiger partial charge on any atom is 0.293 e. The molecule has 0 unspecified atom stereocenters. The van der Waals surface area contributed by atoms with Gasteiger partial charge in [-0.05, 0) is 23.6 Å². The number of amides is 1. The van der Waals surface area contributed by atoms with Crippen LogP contribution in [0.15, 0.2) is 46.4 Å². The van der Waals surface area contributed by atoms with Gasteiger partial charge >= 0.3 is 0 Å². The number of benzene rings is 1. The van der Waals surface area contributed by atoms with Crippen molar-refractivity contribution in [1.29, 1.82) is 0 Å². The molecule has 26 heavy (non-hydrogen) atoms. The number of carbonyl (C=O) groups is 1. The van der Waals surface area contributed by atoms with Crippen LogP contribution in [-0.4, -0.2) is 29.9 Å².